The van der Waals surface area contributed by atoms with Crippen molar-refractivity contribution in [2.75, 3.05) is 12.3 Å². The molecule has 0 radical (unpaired) electrons. The van der Waals surface area contributed by atoms with Gasteiger partial charge in [-0.05, 0) is 13.8 Å². The van der Waals surface area contributed by atoms with Crippen LogP contribution in [-0.4, -0.2) is 34.4 Å². The number of nitrogens with zero attached hydrogens (tertiary/aromatic N) is 1. The molecule has 1 heterocycles. The van der Waals surface area contributed by atoms with E-state index in [1.807, 2.05) is 13.8 Å². The van der Waals surface area contributed by atoms with Crippen molar-refractivity contribution in [1.82, 2.24) is 10.5 Å². The van der Waals surface area contributed by atoms with Crippen molar-refractivity contribution in [2.24, 2.45) is 5.92 Å². The third-order valence-corrected chi connectivity index (χ3v) is 3.65. The lowest BCUT2D eigenvalue weighted by atomic mass is 10.2. The van der Waals surface area contributed by atoms with Crippen LogP contribution in [0, 0.1) is 19.8 Å². The molecule has 0 saturated heterocycles. The van der Waals surface area contributed by atoms with Crippen molar-refractivity contribution in [1.29, 1.82) is 0 Å². The predicted molar refractivity (Wildman–Crippen MR) is 71.9 cm³/mol. The Balaban J connectivity index is 2.26. The Morgan fingerprint density at radius 3 is 2.68 bits per heavy atom. The minimum atomic E-state index is -0.913. The lowest BCUT2D eigenvalue weighted by Crippen LogP contribution is -2.32. The molecular weight excluding hydrogens is 268 g/mol. The Bertz CT molecular complexity index is 439. The van der Waals surface area contributed by atoms with E-state index in [4.69, 9.17) is 9.63 Å². The zero-order valence-electron chi connectivity index (χ0n) is 11.2. The molecule has 0 bridgehead atoms. The van der Waals surface area contributed by atoms with E-state index in [1.54, 1.807) is 6.92 Å². The standard InChI is InChI=1S/C12H18N2O4S/c1-7(12(16)17)4-13-11(15)6-19-5-10-8(2)14-18-9(10)3/h7H,4-6H2,1-3H3,(H,13,15)(H,16,17). The van der Waals surface area contributed by atoms with Crippen LogP contribution in [-0.2, 0) is 15.3 Å². The van der Waals surface area contributed by atoms with Crippen molar-refractivity contribution in [2.45, 2.75) is 26.5 Å². The molecule has 2 N–H and O–H groups in total. The SMILES string of the molecule is Cc1noc(C)c1CSCC(=O)NCC(C)C(=O)O. The molecule has 1 rings (SSSR count). The maximum atomic E-state index is 11.5. The smallest absolute Gasteiger partial charge is 0.308 e. The van der Waals surface area contributed by atoms with Gasteiger partial charge in [-0.2, -0.15) is 0 Å². The van der Waals surface area contributed by atoms with Gasteiger partial charge in [0.2, 0.25) is 5.91 Å². The van der Waals surface area contributed by atoms with Gasteiger partial charge in [0.05, 0.1) is 17.4 Å². The fourth-order valence-corrected chi connectivity index (χ4v) is 2.36. The summed E-state index contributed by atoms with van der Waals surface area (Å²) in [5.41, 5.74) is 1.85. The monoisotopic (exact) mass is 286 g/mol. The highest BCUT2D eigenvalue weighted by Gasteiger charge is 2.13. The normalized spacial score (nSPS) is 12.2. The van der Waals surface area contributed by atoms with Gasteiger partial charge in [-0.3, -0.25) is 9.59 Å². The first-order valence-electron chi connectivity index (χ1n) is 5.90. The highest BCUT2D eigenvalue weighted by Crippen LogP contribution is 2.19. The molecule has 106 valence electrons. The number of amides is 1. The van der Waals surface area contributed by atoms with Crippen LogP contribution in [0.2, 0.25) is 0 Å². The van der Waals surface area contributed by atoms with E-state index >= 15 is 0 Å². The molecule has 0 spiro atoms. The Hall–Kier alpha value is -1.50. The van der Waals surface area contributed by atoms with Crippen LogP contribution in [0.5, 0.6) is 0 Å². The maximum Gasteiger partial charge on any atom is 0.308 e. The van der Waals surface area contributed by atoms with Crippen molar-refractivity contribution in [3.8, 4) is 0 Å². The highest BCUT2D eigenvalue weighted by atomic mass is 32.2. The van der Waals surface area contributed by atoms with Gasteiger partial charge in [-0.25, -0.2) is 0 Å². The van der Waals surface area contributed by atoms with Crippen LogP contribution in [0.4, 0.5) is 0 Å². The molecular formula is C12H18N2O4S. The van der Waals surface area contributed by atoms with Crippen LogP contribution in [0.1, 0.15) is 23.9 Å². The van der Waals surface area contributed by atoms with Crippen molar-refractivity contribution < 1.29 is 19.2 Å². The number of aryl methyl sites for hydroxylation is 2. The average Bonchev–Trinajstić information content (AvgIpc) is 2.67. The van der Waals surface area contributed by atoms with Gasteiger partial charge in [0, 0.05) is 17.9 Å². The first-order chi connectivity index (χ1) is 8.91. The van der Waals surface area contributed by atoms with Crippen LogP contribution < -0.4 is 5.32 Å². The summed E-state index contributed by atoms with van der Waals surface area (Å²) < 4.78 is 5.03. The Morgan fingerprint density at radius 2 is 2.16 bits per heavy atom. The van der Waals surface area contributed by atoms with Crippen molar-refractivity contribution >= 4 is 23.6 Å². The molecule has 1 aromatic heterocycles. The summed E-state index contributed by atoms with van der Waals surface area (Å²) in [7, 11) is 0. The molecule has 0 aliphatic heterocycles. The molecule has 1 atom stereocenters. The van der Waals surface area contributed by atoms with Gasteiger partial charge in [-0.15, -0.1) is 11.8 Å². The zero-order valence-corrected chi connectivity index (χ0v) is 12.0. The lowest BCUT2D eigenvalue weighted by Gasteiger charge is -2.08. The van der Waals surface area contributed by atoms with Crippen LogP contribution in [0.25, 0.3) is 0 Å². The maximum absolute atomic E-state index is 11.5. The number of aromatic nitrogens is 1. The summed E-state index contributed by atoms with van der Waals surface area (Å²) in [6.07, 6.45) is 0. The number of carboxylic acid groups (broad SMARTS) is 1. The second kappa shape index (κ2) is 7.18. The van der Waals surface area contributed by atoms with Gasteiger partial charge in [-0.1, -0.05) is 12.1 Å². The topological polar surface area (TPSA) is 92.4 Å². The van der Waals surface area contributed by atoms with Gasteiger partial charge < -0.3 is 14.9 Å². The third kappa shape index (κ3) is 4.94. The average molecular weight is 286 g/mol. The van der Waals surface area contributed by atoms with Crippen LogP contribution in [0.15, 0.2) is 4.52 Å². The molecule has 1 amide bonds. The Morgan fingerprint density at radius 1 is 1.47 bits per heavy atom. The Kier molecular flexibility index (Phi) is 5.88. The first kappa shape index (κ1) is 15.6. The summed E-state index contributed by atoms with van der Waals surface area (Å²) in [6.45, 7) is 5.41. The molecule has 0 fully saturated rings. The van der Waals surface area contributed by atoms with Crippen LogP contribution >= 0.6 is 11.8 Å². The number of hydrogen-bond donors (Lipinski definition) is 2. The summed E-state index contributed by atoms with van der Waals surface area (Å²) in [6, 6.07) is 0. The second-order valence-electron chi connectivity index (χ2n) is 4.34. The lowest BCUT2D eigenvalue weighted by molar-refractivity contribution is -0.141. The minimum absolute atomic E-state index is 0.153. The van der Waals surface area contributed by atoms with E-state index in [0.29, 0.717) is 5.75 Å². The number of thioether (sulfide) groups is 1. The van der Waals surface area contributed by atoms with Gasteiger partial charge in [0.1, 0.15) is 5.76 Å². The van der Waals surface area contributed by atoms with E-state index in [0.717, 1.165) is 17.0 Å². The third-order valence-electron chi connectivity index (χ3n) is 2.69. The number of nitrogens with one attached hydrogen (secondary N) is 1. The van der Waals surface area contributed by atoms with E-state index in [9.17, 15) is 9.59 Å². The minimum Gasteiger partial charge on any atom is -0.481 e. The van der Waals surface area contributed by atoms with Crippen molar-refractivity contribution in [3.05, 3.63) is 17.0 Å². The molecule has 0 aromatic carbocycles. The van der Waals surface area contributed by atoms with Gasteiger partial charge in [0.15, 0.2) is 0 Å². The molecule has 0 aliphatic rings. The second-order valence-corrected chi connectivity index (χ2v) is 5.32. The number of aliphatic carboxylic acids is 1. The summed E-state index contributed by atoms with van der Waals surface area (Å²) in [4.78, 5) is 22.1. The van der Waals surface area contributed by atoms with E-state index in [-0.39, 0.29) is 18.2 Å². The first-order valence-corrected chi connectivity index (χ1v) is 7.06. The zero-order chi connectivity index (χ0) is 14.4. The molecule has 1 aromatic rings. The number of hydrogen-bond acceptors (Lipinski definition) is 5. The van der Waals surface area contributed by atoms with Crippen molar-refractivity contribution in [3.63, 3.8) is 0 Å². The van der Waals surface area contributed by atoms with E-state index in [2.05, 4.69) is 10.5 Å². The highest BCUT2D eigenvalue weighted by molar-refractivity contribution is 7.99. The fourth-order valence-electron chi connectivity index (χ4n) is 1.36. The van der Waals surface area contributed by atoms with E-state index in [1.165, 1.54) is 11.8 Å². The van der Waals surface area contributed by atoms with Gasteiger partial charge >= 0.3 is 5.97 Å². The summed E-state index contributed by atoms with van der Waals surface area (Å²) in [5, 5.41) is 15.1. The molecule has 6 nitrogen and oxygen atoms in total. The molecule has 0 saturated carbocycles. The van der Waals surface area contributed by atoms with Crippen LogP contribution in [0.3, 0.4) is 0 Å². The number of rotatable bonds is 7. The summed E-state index contributed by atoms with van der Waals surface area (Å²) >= 11 is 1.45. The largest absolute Gasteiger partial charge is 0.481 e. The number of carboxylic acids is 1. The molecule has 1 unspecified atom stereocenters. The molecule has 7 heteroatoms. The number of carbonyl (C=O) groups is 2. The summed E-state index contributed by atoms with van der Waals surface area (Å²) in [5.74, 6) is 0.0642. The molecule has 19 heavy (non-hydrogen) atoms. The number of carbonyl (C=O) groups excluding carboxylic acids is 1. The quantitative estimate of drug-likeness (QED) is 0.786. The fraction of sp³-hybridized carbons (Fsp3) is 0.583. The van der Waals surface area contributed by atoms with Gasteiger partial charge in [0.25, 0.3) is 0 Å². The van der Waals surface area contributed by atoms with E-state index < -0.39 is 11.9 Å². The predicted octanol–water partition coefficient (Wildman–Crippen LogP) is 1.36. The molecule has 0 aliphatic carbocycles. The Labute approximate surface area is 115 Å².